The molecule has 1 fully saturated rings. The van der Waals surface area contributed by atoms with Gasteiger partial charge in [-0.15, -0.1) is 6.58 Å². The minimum absolute atomic E-state index is 0.255. The van der Waals surface area contributed by atoms with Gasteiger partial charge in [-0.2, -0.15) is 0 Å². The predicted molar refractivity (Wildman–Crippen MR) is 79.6 cm³/mol. The fraction of sp³-hybridized carbons (Fsp3) is 0.500. The van der Waals surface area contributed by atoms with Gasteiger partial charge >= 0.3 is 0 Å². The molecule has 0 aliphatic carbocycles. The molecule has 0 aromatic heterocycles. The van der Waals surface area contributed by atoms with Gasteiger partial charge in [0.05, 0.1) is 7.11 Å². The second kappa shape index (κ2) is 7.41. The molecule has 0 unspecified atom stereocenters. The van der Waals surface area contributed by atoms with Crippen molar-refractivity contribution in [2.24, 2.45) is 0 Å². The van der Waals surface area contributed by atoms with Crippen LogP contribution in [0, 0.1) is 5.82 Å². The second-order valence-electron chi connectivity index (χ2n) is 5.05. The highest BCUT2D eigenvalue weighted by Crippen LogP contribution is 2.33. The van der Waals surface area contributed by atoms with Crippen LogP contribution in [0.25, 0.3) is 0 Å². The van der Waals surface area contributed by atoms with E-state index in [0.29, 0.717) is 5.75 Å². The minimum Gasteiger partial charge on any atom is -0.496 e. The molecule has 1 saturated heterocycles. The molecule has 1 aliphatic rings. The summed E-state index contributed by atoms with van der Waals surface area (Å²) in [5.74, 6) is 0.381. The Morgan fingerprint density at radius 2 is 2.20 bits per heavy atom. The van der Waals surface area contributed by atoms with Crippen LogP contribution in [-0.2, 0) is 0 Å². The van der Waals surface area contributed by atoms with Gasteiger partial charge in [0.1, 0.15) is 11.6 Å². The summed E-state index contributed by atoms with van der Waals surface area (Å²) in [6.07, 6.45) is 3.85. The predicted octanol–water partition coefficient (Wildman–Crippen LogP) is 2.75. The number of ether oxygens (including phenoxy) is 1. The van der Waals surface area contributed by atoms with E-state index in [9.17, 15) is 4.39 Å². The molecule has 0 amide bonds. The largest absolute Gasteiger partial charge is 0.496 e. The van der Waals surface area contributed by atoms with Gasteiger partial charge in [-0.25, -0.2) is 4.39 Å². The molecule has 1 heterocycles. The molecule has 0 bridgehead atoms. The summed E-state index contributed by atoms with van der Waals surface area (Å²) in [6, 6.07) is 5.09. The molecule has 3 nitrogen and oxygen atoms in total. The number of piperazine rings is 1. The Morgan fingerprint density at radius 1 is 1.45 bits per heavy atom. The Balaban J connectivity index is 2.26. The van der Waals surface area contributed by atoms with Crippen molar-refractivity contribution in [1.29, 1.82) is 0 Å². The lowest BCUT2D eigenvalue weighted by molar-refractivity contribution is 0.163. The first-order chi connectivity index (χ1) is 9.76. The summed E-state index contributed by atoms with van der Waals surface area (Å²) in [5, 5.41) is 3.36. The maximum absolute atomic E-state index is 13.4. The van der Waals surface area contributed by atoms with E-state index in [2.05, 4.69) is 16.8 Å². The van der Waals surface area contributed by atoms with E-state index >= 15 is 0 Å². The molecule has 1 aliphatic heterocycles. The van der Waals surface area contributed by atoms with E-state index < -0.39 is 0 Å². The molecule has 1 aromatic rings. The third kappa shape index (κ3) is 3.58. The van der Waals surface area contributed by atoms with Crippen LogP contribution in [0.15, 0.2) is 30.9 Å². The van der Waals surface area contributed by atoms with Crippen LogP contribution < -0.4 is 10.1 Å². The third-order valence-corrected chi connectivity index (χ3v) is 3.79. The van der Waals surface area contributed by atoms with Crippen LogP contribution in [0.4, 0.5) is 4.39 Å². The monoisotopic (exact) mass is 278 g/mol. The van der Waals surface area contributed by atoms with Crippen molar-refractivity contribution in [3.63, 3.8) is 0 Å². The number of allylic oxidation sites excluding steroid dienone is 1. The van der Waals surface area contributed by atoms with E-state index in [0.717, 1.165) is 44.6 Å². The van der Waals surface area contributed by atoms with Gasteiger partial charge in [0.15, 0.2) is 0 Å². The molecule has 20 heavy (non-hydrogen) atoms. The lowest BCUT2D eigenvalue weighted by atomic mass is 9.98. The van der Waals surface area contributed by atoms with Crippen molar-refractivity contribution < 1.29 is 9.13 Å². The average molecular weight is 278 g/mol. The minimum atomic E-state index is -0.256. The van der Waals surface area contributed by atoms with Crippen LogP contribution in [-0.4, -0.2) is 38.2 Å². The van der Waals surface area contributed by atoms with Crippen LogP contribution in [0.1, 0.15) is 24.4 Å². The number of hydrogen-bond acceptors (Lipinski definition) is 3. The zero-order valence-electron chi connectivity index (χ0n) is 12.1. The summed E-state index contributed by atoms with van der Waals surface area (Å²) >= 11 is 0. The van der Waals surface area contributed by atoms with E-state index in [1.807, 2.05) is 12.1 Å². The summed E-state index contributed by atoms with van der Waals surface area (Å²) in [5.41, 5.74) is 1.07. The van der Waals surface area contributed by atoms with E-state index in [1.165, 1.54) is 12.1 Å². The highest BCUT2D eigenvalue weighted by molar-refractivity contribution is 5.36. The normalized spacial score (nSPS) is 17.7. The molecule has 1 N–H and O–H groups in total. The Labute approximate surface area is 120 Å². The summed E-state index contributed by atoms with van der Waals surface area (Å²) in [7, 11) is 1.60. The fourth-order valence-electron chi connectivity index (χ4n) is 2.76. The maximum Gasteiger partial charge on any atom is 0.126 e. The SMILES string of the molecule is C=CCC[C@@H](c1ccc(F)cc1OC)N1CCNCC1. The summed E-state index contributed by atoms with van der Waals surface area (Å²) in [6.45, 7) is 7.80. The van der Waals surface area contributed by atoms with Crippen LogP contribution >= 0.6 is 0 Å². The molecule has 0 saturated carbocycles. The lowest BCUT2D eigenvalue weighted by Gasteiger charge is -2.35. The molecule has 110 valence electrons. The molecular weight excluding hydrogens is 255 g/mol. The number of benzene rings is 1. The Morgan fingerprint density at radius 3 is 2.85 bits per heavy atom. The fourth-order valence-corrected chi connectivity index (χ4v) is 2.76. The van der Waals surface area contributed by atoms with Crippen LogP contribution in [0.5, 0.6) is 5.75 Å². The topological polar surface area (TPSA) is 24.5 Å². The highest BCUT2D eigenvalue weighted by Gasteiger charge is 2.24. The molecular formula is C16H23FN2O. The van der Waals surface area contributed by atoms with Crippen molar-refractivity contribution in [3.8, 4) is 5.75 Å². The maximum atomic E-state index is 13.4. The molecule has 1 atom stereocenters. The van der Waals surface area contributed by atoms with Gasteiger partial charge in [-0.05, 0) is 18.9 Å². The van der Waals surface area contributed by atoms with Crippen molar-refractivity contribution in [1.82, 2.24) is 10.2 Å². The number of nitrogens with zero attached hydrogens (tertiary/aromatic N) is 1. The summed E-state index contributed by atoms with van der Waals surface area (Å²) in [4.78, 5) is 2.44. The van der Waals surface area contributed by atoms with Gasteiger partial charge < -0.3 is 10.1 Å². The quantitative estimate of drug-likeness (QED) is 0.810. The smallest absolute Gasteiger partial charge is 0.126 e. The first kappa shape index (κ1) is 15.0. The van der Waals surface area contributed by atoms with Crippen LogP contribution in [0.3, 0.4) is 0 Å². The van der Waals surface area contributed by atoms with E-state index in [-0.39, 0.29) is 11.9 Å². The number of methoxy groups -OCH3 is 1. The molecule has 0 spiro atoms. The highest BCUT2D eigenvalue weighted by atomic mass is 19.1. The molecule has 2 rings (SSSR count). The van der Waals surface area contributed by atoms with Crippen molar-refractivity contribution in [3.05, 3.63) is 42.2 Å². The van der Waals surface area contributed by atoms with Gasteiger partial charge in [0.2, 0.25) is 0 Å². The first-order valence-electron chi connectivity index (χ1n) is 7.15. The van der Waals surface area contributed by atoms with E-state index in [4.69, 9.17) is 4.74 Å². The number of hydrogen-bond donors (Lipinski definition) is 1. The standard InChI is InChI=1S/C16H23FN2O/c1-3-4-5-15(19-10-8-18-9-11-19)14-7-6-13(17)12-16(14)20-2/h3,6-7,12,15,18H,1,4-5,8-11H2,2H3/t15-/m0/s1. The van der Waals surface area contributed by atoms with Gasteiger partial charge in [0, 0.05) is 43.9 Å². The third-order valence-electron chi connectivity index (χ3n) is 3.79. The van der Waals surface area contributed by atoms with Crippen molar-refractivity contribution in [2.45, 2.75) is 18.9 Å². The number of nitrogens with one attached hydrogen (secondary N) is 1. The molecule has 4 heteroatoms. The van der Waals surface area contributed by atoms with Crippen molar-refractivity contribution in [2.75, 3.05) is 33.3 Å². The first-order valence-corrected chi connectivity index (χ1v) is 7.15. The number of rotatable bonds is 6. The van der Waals surface area contributed by atoms with Gasteiger partial charge in [0.25, 0.3) is 0 Å². The average Bonchev–Trinajstić information content (AvgIpc) is 2.49. The Hall–Kier alpha value is -1.39. The Bertz CT molecular complexity index is 444. The van der Waals surface area contributed by atoms with Crippen LogP contribution in [0.2, 0.25) is 0 Å². The lowest BCUT2D eigenvalue weighted by Crippen LogP contribution is -2.45. The molecule has 0 radical (unpaired) electrons. The second-order valence-corrected chi connectivity index (χ2v) is 5.05. The van der Waals surface area contributed by atoms with Gasteiger partial charge in [-0.3, -0.25) is 4.90 Å². The zero-order chi connectivity index (χ0) is 14.4. The van der Waals surface area contributed by atoms with Gasteiger partial charge in [-0.1, -0.05) is 12.1 Å². The molecule has 1 aromatic carbocycles. The van der Waals surface area contributed by atoms with E-state index in [1.54, 1.807) is 7.11 Å². The van der Waals surface area contributed by atoms with Crippen molar-refractivity contribution >= 4 is 0 Å². The summed E-state index contributed by atoms with van der Waals surface area (Å²) < 4.78 is 18.7. The zero-order valence-corrected chi connectivity index (χ0v) is 12.1. The number of halogens is 1. The Kier molecular flexibility index (Phi) is 5.56.